The molecule has 1 rings (SSSR count). The molecule has 3 nitrogen and oxygen atoms in total. The highest BCUT2D eigenvalue weighted by Gasteiger charge is 2.38. The quantitative estimate of drug-likeness (QED) is 0.757. The molecule has 15 heavy (non-hydrogen) atoms. The Kier molecular flexibility index (Phi) is 3.44. The van der Waals surface area contributed by atoms with Gasteiger partial charge < -0.3 is 4.90 Å². The van der Waals surface area contributed by atoms with E-state index in [0.717, 1.165) is 0 Å². The lowest BCUT2D eigenvalue weighted by Crippen LogP contribution is -2.44. The fourth-order valence-electron chi connectivity index (χ4n) is 1.86. The SMILES string of the molecule is CC(C)C1NCN(C(C)C(C)(C)C)C1=O. The zero-order valence-electron chi connectivity index (χ0n) is 10.8. The molecule has 1 fully saturated rings. The minimum atomic E-state index is 0.00907. The first kappa shape index (κ1) is 12.5. The third-order valence-corrected chi connectivity index (χ3v) is 3.42. The second-order valence-electron chi connectivity index (χ2n) is 5.93. The van der Waals surface area contributed by atoms with Gasteiger partial charge in [-0.25, -0.2) is 0 Å². The minimum Gasteiger partial charge on any atom is -0.325 e. The zero-order chi connectivity index (χ0) is 11.8. The van der Waals surface area contributed by atoms with Crippen LogP contribution in [0.5, 0.6) is 0 Å². The van der Waals surface area contributed by atoms with Crippen molar-refractivity contribution >= 4 is 5.91 Å². The number of hydrogen-bond acceptors (Lipinski definition) is 2. The third kappa shape index (κ3) is 2.51. The van der Waals surface area contributed by atoms with E-state index in [2.05, 4.69) is 46.9 Å². The van der Waals surface area contributed by atoms with Crippen LogP contribution in [0.3, 0.4) is 0 Å². The number of nitrogens with zero attached hydrogens (tertiary/aromatic N) is 1. The second kappa shape index (κ2) is 4.12. The molecular formula is C12H24N2O. The molecule has 0 aromatic heterocycles. The highest BCUT2D eigenvalue weighted by Crippen LogP contribution is 2.26. The normalized spacial score (nSPS) is 25.1. The van der Waals surface area contributed by atoms with Crippen molar-refractivity contribution in [2.45, 2.75) is 53.6 Å². The number of carbonyl (C=O) groups excluding carboxylic acids is 1. The summed E-state index contributed by atoms with van der Waals surface area (Å²) in [5.41, 5.74) is 0.142. The summed E-state index contributed by atoms with van der Waals surface area (Å²) in [6, 6.07) is 0.288. The van der Waals surface area contributed by atoms with Gasteiger partial charge >= 0.3 is 0 Å². The summed E-state index contributed by atoms with van der Waals surface area (Å²) in [6.45, 7) is 13.5. The number of amides is 1. The largest absolute Gasteiger partial charge is 0.325 e. The Morgan fingerprint density at radius 1 is 1.33 bits per heavy atom. The monoisotopic (exact) mass is 212 g/mol. The molecule has 0 radical (unpaired) electrons. The first-order valence-corrected chi connectivity index (χ1v) is 5.79. The van der Waals surface area contributed by atoms with Crippen LogP contribution in [0.25, 0.3) is 0 Å². The van der Waals surface area contributed by atoms with Crippen molar-refractivity contribution in [1.29, 1.82) is 0 Å². The lowest BCUT2D eigenvalue weighted by molar-refractivity contribution is -0.133. The number of rotatable bonds is 2. The topological polar surface area (TPSA) is 32.3 Å². The molecule has 0 saturated carbocycles. The maximum atomic E-state index is 12.1. The molecule has 0 spiro atoms. The van der Waals surface area contributed by atoms with E-state index in [-0.39, 0.29) is 23.4 Å². The van der Waals surface area contributed by atoms with Crippen molar-refractivity contribution < 1.29 is 4.79 Å². The molecule has 1 heterocycles. The molecule has 0 aliphatic carbocycles. The van der Waals surface area contributed by atoms with Gasteiger partial charge in [0, 0.05) is 6.04 Å². The van der Waals surface area contributed by atoms with Gasteiger partial charge in [-0.05, 0) is 18.3 Å². The molecule has 1 aliphatic heterocycles. The van der Waals surface area contributed by atoms with Gasteiger partial charge in [-0.15, -0.1) is 0 Å². The third-order valence-electron chi connectivity index (χ3n) is 3.42. The van der Waals surface area contributed by atoms with Crippen LogP contribution < -0.4 is 5.32 Å². The molecule has 1 N–H and O–H groups in total. The Morgan fingerprint density at radius 2 is 1.87 bits per heavy atom. The molecule has 1 saturated heterocycles. The van der Waals surface area contributed by atoms with Gasteiger partial charge in [0.1, 0.15) is 0 Å². The predicted octanol–water partition coefficient (Wildman–Crippen LogP) is 1.83. The summed E-state index contributed by atoms with van der Waals surface area (Å²) >= 11 is 0. The van der Waals surface area contributed by atoms with E-state index in [1.807, 2.05) is 4.90 Å². The lowest BCUT2D eigenvalue weighted by atomic mass is 9.87. The standard InChI is InChI=1S/C12H24N2O/c1-8(2)10-11(15)14(7-13-10)9(3)12(4,5)6/h8-10,13H,7H2,1-6H3. The van der Waals surface area contributed by atoms with Crippen LogP contribution in [-0.4, -0.2) is 29.6 Å². The van der Waals surface area contributed by atoms with Gasteiger partial charge in [-0.2, -0.15) is 0 Å². The highest BCUT2D eigenvalue weighted by atomic mass is 16.2. The fraction of sp³-hybridized carbons (Fsp3) is 0.917. The van der Waals surface area contributed by atoms with Gasteiger partial charge in [0.05, 0.1) is 12.7 Å². The smallest absolute Gasteiger partial charge is 0.241 e. The van der Waals surface area contributed by atoms with Crippen molar-refractivity contribution in [2.75, 3.05) is 6.67 Å². The van der Waals surface area contributed by atoms with Gasteiger partial charge in [0.2, 0.25) is 5.91 Å². The zero-order valence-corrected chi connectivity index (χ0v) is 10.8. The van der Waals surface area contributed by atoms with Crippen LogP contribution in [0, 0.1) is 11.3 Å². The molecule has 2 unspecified atom stereocenters. The molecule has 1 amide bonds. The van der Waals surface area contributed by atoms with Crippen LogP contribution in [0.2, 0.25) is 0 Å². The van der Waals surface area contributed by atoms with Crippen LogP contribution in [0.1, 0.15) is 41.5 Å². The molecule has 88 valence electrons. The Morgan fingerprint density at radius 3 is 2.20 bits per heavy atom. The summed E-state index contributed by atoms with van der Waals surface area (Å²) in [5, 5.41) is 3.29. The number of hydrogen-bond donors (Lipinski definition) is 1. The Labute approximate surface area is 93.2 Å². The summed E-state index contributed by atoms with van der Waals surface area (Å²) in [7, 11) is 0. The van der Waals surface area contributed by atoms with Crippen molar-refractivity contribution in [3.8, 4) is 0 Å². The maximum Gasteiger partial charge on any atom is 0.241 e. The van der Waals surface area contributed by atoms with E-state index < -0.39 is 0 Å². The van der Waals surface area contributed by atoms with Crippen molar-refractivity contribution in [3.63, 3.8) is 0 Å². The molecule has 3 heteroatoms. The van der Waals surface area contributed by atoms with Crippen LogP contribution in [0.4, 0.5) is 0 Å². The fourth-order valence-corrected chi connectivity index (χ4v) is 1.86. The average molecular weight is 212 g/mol. The van der Waals surface area contributed by atoms with Gasteiger partial charge in [-0.3, -0.25) is 10.1 Å². The molecule has 2 atom stereocenters. The first-order valence-electron chi connectivity index (χ1n) is 5.79. The summed E-state index contributed by atoms with van der Waals surface area (Å²) in [6.07, 6.45) is 0. The average Bonchev–Trinajstić information content (AvgIpc) is 2.44. The molecule has 0 aromatic carbocycles. The van der Waals surface area contributed by atoms with E-state index in [0.29, 0.717) is 12.6 Å². The lowest BCUT2D eigenvalue weighted by Gasteiger charge is -2.35. The van der Waals surface area contributed by atoms with E-state index in [9.17, 15) is 4.79 Å². The van der Waals surface area contributed by atoms with Gasteiger partial charge in [0.15, 0.2) is 0 Å². The minimum absolute atomic E-state index is 0.00907. The van der Waals surface area contributed by atoms with Crippen LogP contribution in [0.15, 0.2) is 0 Å². The van der Waals surface area contributed by atoms with Crippen molar-refractivity contribution in [2.24, 2.45) is 11.3 Å². The highest BCUT2D eigenvalue weighted by molar-refractivity contribution is 5.84. The number of carbonyl (C=O) groups is 1. The van der Waals surface area contributed by atoms with E-state index in [1.165, 1.54) is 0 Å². The Balaban J connectivity index is 2.72. The summed E-state index contributed by atoms with van der Waals surface area (Å²) < 4.78 is 0. The molecule has 0 bridgehead atoms. The van der Waals surface area contributed by atoms with Crippen LogP contribution >= 0.6 is 0 Å². The second-order valence-corrected chi connectivity index (χ2v) is 5.93. The first-order chi connectivity index (χ1) is 6.75. The van der Waals surface area contributed by atoms with Crippen molar-refractivity contribution in [1.82, 2.24) is 10.2 Å². The summed E-state index contributed by atoms with van der Waals surface area (Å²) in [4.78, 5) is 14.1. The van der Waals surface area contributed by atoms with Gasteiger partial charge in [-0.1, -0.05) is 34.6 Å². The van der Waals surface area contributed by atoms with E-state index in [1.54, 1.807) is 0 Å². The molecular weight excluding hydrogens is 188 g/mol. The van der Waals surface area contributed by atoms with Gasteiger partial charge in [0.25, 0.3) is 0 Å². The predicted molar refractivity (Wildman–Crippen MR) is 62.4 cm³/mol. The summed E-state index contributed by atoms with van der Waals surface area (Å²) in [5.74, 6) is 0.627. The molecule has 1 aliphatic rings. The van der Waals surface area contributed by atoms with E-state index in [4.69, 9.17) is 0 Å². The Bertz CT molecular complexity index is 242. The van der Waals surface area contributed by atoms with E-state index >= 15 is 0 Å². The van der Waals surface area contributed by atoms with Crippen LogP contribution in [-0.2, 0) is 4.79 Å². The Hall–Kier alpha value is -0.570. The molecule has 0 aromatic rings. The number of nitrogens with one attached hydrogen (secondary N) is 1. The maximum absolute atomic E-state index is 12.1. The van der Waals surface area contributed by atoms with Crippen molar-refractivity contribution in [3.05, 3.63) is 0 Å².